The van der Waals surface area contributed by atoms with Gasteiger partial charge in [-0.15, -0.1) is 0 Å². The number of sulfonamides is 1. The number of nitrogens with one attached hydrogen (secondary N) is 2. The van der Waals surface area contributed by atoms with E-state index in [2.05, 4.69) is 10.0 Å². The first kappa shape index (κ1) is 19.3. The molecule has 1 amide bonds. The van der Waals surface area contributed by atoms with Gasteiger partial charge < -0.3 is 10.1 Å². The highest BCUT2D eigenvalue weighted by atomic mass is 32.2. The summed E-state index contributed by atoms with van der Waals surface area (Å²) in [6.07, 6.45) is 2.92. The number of halogens is 1. The summed E-state index contributed by atoms with van der Waals surface area (Å²) in [5, 5.41) is 2.80. The summed E-state index contributed by atoms with van der Waals surface area (Å²) in [5.41, 5.74) is 0. The number of carbonyl (C=O) groups is 2. The second kappa shape index (κ2) is 8.39. The Kier molecular flexibility index (Phi) is 6.49. The Morgan fingerprint density at radius 3 is 2.44 bits per heavy atom. The average Bonchev–Trinajstić information content (AvgIpc) is 3.06. The van der Waals surface area contributed by atoms with E-state index in [1.807, 2.05) is 0 Å². The fraction of sp³-hybridized carbons (Fsp3) is 0.500. The molecule has 1 aromatic rings. The Morgan fingerprint density at radius 2 is 1.84 bits per heavy atom. The van der Waals surface area contributed by atoms with Crippen LogP contribution in [0.3, 0.4) is 0 Å². The topological polar surface area (TPSA) is 102 Å². The highest BCUT2D eigenvalue weighted by molar-refractivity contribution is 7.89. The normalized spacial score (nSPS) is 16.4. The Bertz CT molecular complexity index is 715. The van der Waals surface area contributed by atoms with E-state index in [0.717, 1.165) is 49.9 Å². The molecule has 2 rings (SSSR count). The van der Waals surface area contributed by atoms with Crippen molar-refractivity contribution in [3.05, 3.63) is 30.1 Å². The van der Waals surface area contributed by atoms with Gasteiger partial charge in [0, 0.05) is 6.04 Å². The second-order valence-corrected chi connectivity index (χ2v) is 7.67. The van der Waals surface area contributed by atoms with E-state index in [-0.39, 0.29) is 10.9 Å². The van der Waals surface area contributed by atoms with Gasteiger partial charge in [0.15, 0.2) is 6.10 Å². The standard InChI is InChI=1S/C16H21FN2O5S/c1-11(16(21)19-13-4-2-3-5-13)24-15(20)10-18-25(22,23)14-8-6-12(17)7-9-14/h6-9,11,13,18H,2-5,10H2,1H3,(H,19,21)/t11-/m1/s1. The first-order valence-electron chi connectivity index (χ1n) is 8.03. The highest BCUT2D eigenvalue weighted by Gasteiger charge is 2.24. The van der Waals surface area contributed by atoms with Crippen molar-refractivity contribution >= 4 is 21.9 Å². The number of benzene rings is 1. The largest absolute Gasteiger partial charge is 0.452 e. The zero-order valence-corrected chi connectivity index (χ0v) is 14.6. The zero-order valence-electron chi connectivity index (χ0n) is 13.8. The van der Waals surface area contributed by atoms with Gasteiger partial charge in [0.25, 0.3) is 5.91 Å². The van der Waals surface area contributed by atoms with Gasteiger partial charge in [-0.1, -0.05) is 12.8 Å². The van der Waals surface area contributed by atoms with Crippen LogP contribution in [-0.4, -0.2) is 39.0 Å². The summed E-state index contributed by atoms with van der Waals surface area (Å²) in [4.78, 5) is 23.5. The van der Waals surface area contributed by atoms with Crippen molar-refractivity contribution in [3.8, 4) is 0 Å². The molecule has 7 nitrogen and oxygen atoms in total. The molecular weight excluding hydrogens is 351 g/mol. The van der Waals surface area contributed by atoms with Gasteiger partial charge in [0.2, 0.25) is 10.0 Å². The van der Waals surface area contributed by atoms with Crippen molar-refractivity contribution < 1.29 is 27.1 Å². The quantitative estimate of drug-likeness (QED) is 0.698. The smallest absolute Gasteiger partial charge is 0.321 e. The summed E-state index contributed by atoms with van der Waals surface area (Å²) in [6.45, 7) is 0.803. The van der Waals surface area contributed by atoms with Crippen LogP contribution >= 0.6 is 0 Å². The molecule has 0 aromatic heterocycles. The van der Waals surface area contributed by atoms with Crippen LogP contribution in [0.2, 0.25) is 0 Å². The monoisotopic (exact) mass is 372 g/mol. The minimum atomic E-state index is -3.96. The minimum Gasteiger partial charge on any atom is -0.452 e. The van der Waals surface area contributed by atoms with Crippen LogP contribution in [0.5, 0.6) is 0 Å². The summed E-state index contributed by atoms with van der Waals surface area (Å²) in [7, 11) is -3.96. The van der Waals surface area contributed by atoms with E-state index < -0.39 is 40.4 Å². The Morgan fingerprint density at radius 1 is 1.24 bits per heavy atom. The lowest BCUT2D eigenvalue weighted by Gasteiger charge is -2.17. The molecule has 1 saturated carbocycles. The van der Waals surface area contributed by atoms with E-state index >= 15 is 0 Å². The molecular formula is C16H21FN2O5S. The van der Waals surface area contributed by atoms with E-state index in [0.29, 0.717) is 0 Å². The molecule has 138 valence electrons. The molecule has 1 aliphatic rings. The van der Waals surface area contributed by atoms with Crippen LogP contribution < -0.4 is 10.0 Å². The van der Waals surface area contributed by atoms with Gasteiger partial charge in [-0.25, -0.2) is 12.8 Å². The number of hydrogen-bond acceptors (Lipinski definition) is 5. The SMILES string of the molecule is C[C@@H](OC(=O)CNS(=O)(=O)c1ccc(F)cc1)C(=O)NC1CCCC1. The number of ether oxygens (including phenoxy) is 1. The van der Waals surface area contributed by atoms with Gasteiger partial charge >= 0.3 is 5.97 Å². The fourth-order valence-electron chi connectivity index (χ4n) is 2.53. The summed E-state index contributed by atoms with van der Waals surface area (Å²) < 4.78 is 43.8. The van der Waals surface area contributed by atoms with E-state index in [1.165, 1.54) is 6.92 Å². The van der Waals surface area contributed by atoms with Gasteiger partial charge in [-0.05, 0) is 44.0 Å². The van der Waals surface area contributed by atoms with Crippen molar-refractivity contribution in [1.82, 2.24) is 10.0 Å². The molecule has 0 bridgehead atoms. The number of hydrogen-bond donors (Lipinski definition) is 2. The third-order valence-electron chi connectivity index (χ3n) is 3.91. The van der Waals surface area contributed by atoms with Crippen LogP contribution in [-0.2, 0) is 24.3 Å². The van der Waals surface area contributed by atoms with E-state index in [1.54, 1.807) is 0 Å². The molecule has 0 spiro atoms. The van der Waals surface area contributed by atoms with Crippen LogP contribution in [0.25, 0.3) is 0 Å². The number of carbonyl (C=O) groups excluding carboxylic acids is 2. The van der Waals surface area contributed by atoms with Crippen LogP contribution in [0.1, 0.15) is 32.6 Å². The number of rotatable bonds is 7. The molecule has 0 heterocycles. The maximum absolute atomic E-state index is 12.8. The van der Waals surface area contributed by atoms with Gasteiger partial charge in [-0.3, -0.25) is 9.59 Å². The molecule has 1 fully saturated rings. The first-order chi connectivity index (χ1) is 11.8. The molecule has 1 aliphatic carbocycles. The lowest BCUT2D eigenvalue weighted by Crippen LogP contribution is -2.42. The maximum Gasteiger partial charge on any atom is 0.321 e. The lowest BCUT2D eigenvalue weighted by molar-refractivity contribution is -0.153. The van der Waals surface area contributed by atoms with Crippen LogP contribution in [0.15, 0.2) is 29.2 Å². The van der Waals surface area contributed by atoms with Crippen molar-refractivity contribution in [3.63, 3.8) is 0 Å². The molecule has 2 N–H and O–H groups in total. The lowest BCUT2D eigenvalue weighted by atomic mass is 10.2. The van der Waals surface area contributed by atoms with Crippen molar-refractivity contribution in [2.75, 3.05) is 6.54 Å². The van der Waals surface area contributed by atoms with E-state index in [4.69, 9.17) is 4.74 Å². The number of amides is 1. The summed E-state index contributed by atoms with van der Waals surface area (Å²) in [6, 6.07) is 4.28. The zero-order chi connectivity index (χ0) is 18.4. The molecule has 0 aliphatic heterocycles. The second-order valence-electron chi connectivity index (χ2n) is 5.90. The van der Waals surface area contributed by atoms with Crippen LogP contribution in [0.4, 0.5) is 4.39 Å². The molecule has 9 heteroatoms. The molecule has 0 unspecified atom stereocenters. The third-order valence-corrected chi connectivity index (χ3v) is 5.33. The predicted octanol–water partition coefficient (Wildman–Crippen LogP) is 1.09. The fourth-order valence-corrected chi connectivity index (χ4v) is 3.50. The van der Waals surface area contributed by atoms with Crippen molar-refractivity contribution in [1.29, 1.82) is 0 Å². The molecule has 0 radical (unpaired) electrons. The minimum absolute atomic E-state index is 0.102. The molecule has 1 atom stereocenters. The van der Waals surface area contributed by atoms with Crippen molar-refractivity contribution in [2.45, 2.75) is 49.6 Å². The average molecular weight is 372 g/mol. The highest BCUT2D eigenvalue weighted by Crippen LogP contribution is 2.17. The predicted molar refractivity (Wildman–Crippen MR) is 87.5 cm³/mol. The molecule has 0 saturated heterocycles. The van der Waals surface area contributed by atoms with E-state index in [9.17, 15) is 22.4 Å². The summed E-state index contributed by atoms with van der Waals surface area (Å²) in [5.74, 6) is -1.85. The maximum atomic E-state index is 12.8. The first-order valence-corrected chi connectivity index (χ1v) is 9.51. The van der Waals surface area contributed by atoms with Gasteiger partial charge in [0.05, 0.1) is 4.90 Å². The summed E-state index contributed by atoms with van der Waals surface area (Å²) >= 11 is 0. The molecule has 1 aromatic carbocycles. The molecule has 25 heavy (non-hydrogen) atoms. The number of esters is 1. The Hall–Kier alpha value is -2.00. The Balaban J connectivity index is 1.80. The Labute approximate surface area is 146 Å². The third kappa shape index (κ3) is 5.79. The van der Waals surface area contributed by atoms with Gasteiger partial charge in [0.1, 0.15) is 12.4 Å². The van der Waals surface area contributed by atoms with Crippen LogP contribution in [0, 0.1) is 5.82 Å². The van der Waals surface area contributed by atoms with Gasteiger partial charge in [-0.2, -0.15) is 4.72 Å². The van der Waals surface area contributed by atoms with Crippen molar-refractivity contribution in [2.24, 2.45) is 0 Å².